The summed E-state index contributed by atoms with van der Waals surface area (Å²) >= 11 is 0. The molecule has 0 radical (unpaired) electrons. The molecule has 1 aromatic rings. The van der Waals surface area contributed by atoms with Crippen molar-refractivity contribution >= 4 is 11.9 Å². The smallest absolute Gasteiger partial charge is 0.348 e. The average Bonchev–Trinajstić information content (AvgIpc) is 3.39. The molecule has 2 aliphatic rings. The Labute approximate surface area is 140 Å². The number of carboxylic acid groups (broad SMARTS) is 1. The minimum Gasteiger partial charge on any atom is -0.478 e. The van der Waals surface area contributed by atoms with E-state index in [9.17, 15) is 19.1 Å². The van der Waals surface area contributed by atoms with Gasteiger partial charge in [-0.15, -0.1) is 0 Å². The van der Waals surface area contributed by atoms with E-state index in [0.717, 1.165) is 6.42 Å². The molecule has 2 fully saturated rings. The first-order valence-electron chi connectivity index (χ1n) is 8.45. The maximum Gasteiger partial charge on any atom is 0.348 e. The Morgan fingerprint density at radius 2 is 1.92 bits per heavy atom. The predicted molar refractivity (Wildman–Crippen MR) is 85.2 cm³/mol. The van der Waals surface area contributed by atoms with Crippen LogP contribution < -0.4 is 4.74 Å². The van der Waals surface area contributed by atoms with Gasteiger partial charge in [0.2, 0.25) is 11.5 Å². The number of benzene rings is 1. The molecule has 0 atom stereocenters. The summed E-state index contributed by atoms with van der Waals surface area (Å²) in [5.74, 6) is -0.988. The van der Waals surface area contributed by atoms with Gasteiger partial charge in [0.05, 0.1) is 0 Å². The minimum atomic E-state index is -1.48. The molecule has 1 amide bonds. The van der Waals surface area contributed by atoms with Crippen molar-refractivity contribution in [3.63, 3.8) is 0 Å². The average molecular weight is 335 g/mol. The maximum atomic E-state index is 13.8. The number of amides is 1. The molecule has 1 aromatic carbocycles. The molecule has 1 saturated heterocycles. The van der Waals surface area contributed by atoms with Gasteiger partial charge in [0.1, 0.15) is 0 Å². The summed E-state index contributed by atoms with van der Waals surface area (Å²) in [6.45, 7) is 0.647. The van der Waals surface area contributed by atoms with Crippen LogP contribution in [0.2, 0.25) is 0 Å². The fourth-order valence-corrected chi connectivity index (χ4v) is 3.11. The maximum absolute atomic E-state index is 13.8. The Morgan fingerprint density at radius 1 is 1.25 bits per heavy atom. The topological polar surface area (TPSA) is 66.8 Å². The van der Waals surface area contributed by atoms with Crippen LogP contribution in [-0.4, -0.2) is 40.6 Å². The molecule has 130 valence electrons. The summed E-state index contributed by atoms with van der Waals surface area (Å²) in [5.41, 5.74) is -1.48. The predicted octanol–water partition coefficient (Wildman–Crippen LogP) is 2.84. The molecule has 24 heavy (non-hydrogen) atoms. The number of hydrogen-bond acceptors (Lipinski definition) is 3. The Balaban J connectivity index is 1.62. The Kier molecular flexibility index (Phi) is 4.73. The van der Waals surface area contributed by atoms with Gasteiger partial charge in [-0.05, 0) is 24.5 Å². The van der Waals surface area contributed by atoms with Crippen LogP contribution >= 0.6 is 0 Å². The molecular formula is C18H22FNO4. The highest BCUT2D eigenvalue weighted by atomic mass is 19.1. The number of halogens is 1. The highest BCUT2D eigenvalue weighted by Crippen LogP contribution is 2.34. The van der Waals surface area contributed by atoms with Crippen LogP contribution in [0.3, 0.4) is 0 Å². The highest BCUT2D eigenvalue weighted by Gasteiger charge is 2.45. The van der Waals surface area contributed by atoms with Crippen molar-refractivity contribution < 1.29 is 23.8 Å². The first kappa shape index (κ1) is 16.7. The number of hydrogen-bond donors (Lipinski definition) is 1. The second kappa shape index (κ2) is 6.79. The van der Waals surface area contributed by atoms with Gasteiger partial charge in [-0.25, -0.2) is 9.18 Å². The molecule has 0 aromatic heterocycles. The van der Waals surface area contributed by atoms with E-state index in [1.807, 2.05) is 0 Å². The summed E-state index contributed by atoms with van der Waals surface area (Å²) in [4.78, 5) is 25.6. The third-order valence-corrected chi connectivity index (χ3v) is 4.92. The van der Waals surface area contributed by atoms with Crippen LogP contribution in [0.1, 0.15) is 38.5 Å². The number of aliphatic carboxylic acids is 1. The summed E-state index contributed by atoms with van der Waals surface area (Å²) in [6.07, 6.45) is 4.19. The zero-order chi connectivity index (χ0) is 17.2. The number of carboxylic acids is 1. The second-order valence-corrected chi connectivity index (χ2v) is 6.69. The molecule has 1 saturated carbocycles. The molecule has 6 heteroatoms. The lowest BCUT2D eigenvalue weighted by Crippen LogP contribution is -2.54. The third-order valence-electron chi connectivity index (χ3n) is 4.92. The number of nitrogens with zero attached hydrogens (tertiary/aromatic N) is 1. The molecule has 1 aliphatic heterocycles. The van der Waals surface area contributed by atoms with Gasteiger partial charge in [-0.2, -0.15) is 0 Å². The van der Waals surface area contributed by atoms with E-state index in [1.54, 1.807) is 11.0 Å². The minimum absolute atomic E-state index is 0.0617. The molecule has 5 nitrogen and oxygen atoms in total. The van der Waals surface area contributed by atoms with Crippen molar-refractivity contribution in [3.8, 4) is 5.75 Å². The number of carbonyl (C=O) groups is 2. The van der Waals surface area contributed by atoms with Crippen LogP contribution in [0.5, 0.6) is 5.75 Å². The molecule has 3 rings (SSSR count). The number of para-hydroxylation sites is 1. The Morgan fingerprint density at radius 3 is 2.50 bits per heavy atom. The first-order valence-corrected chi connectivity index (χ1v) is 8.45. The quantitative estimate of drug-likeness (QED) is 0.868. The third kappa shape index (κ3) is 3.68. The van der Waals surface area contributed by atoms with Crippen molar-refractivity contribution in [2.45, 2.75) is 44.1 Å². The SMILES string of the molecule is O=C(CCC1CC1)N1CCC(Oc2ccccc2F)(C(=O)O)CC1. The Bertz CT molecular complexity index is 621. The van der Waals surface area contributed by atoms with E-state index in [-0.39, 0.29) is 24.5 Å². The van der Waals surface area contributed by atoms with E-state index < -0.39 is 17.4 Å². The van der Waals surface area contributed by atoms with E-state index in [1.165, 1.54) is 31.0 Å². The molecule has 1 aliphatic carbocycles. The van der Waals surface area contributed by atoms with Crippen molar-refractivity contribution in [2.24, 2.45) is 5.92 Å². The van der Waals surface area contributed by atoms with E-state index >= 15 is 0 Å². The Hall–Kier alpha value is -2.11. The number of likely N-dealkylation sites (tertiary alicyclic amines) is 1. The fourth-order valence-electron chi connectivity index (χ4n) is 3.11. The lowest BCUT2D eigenvalue weighted by atomic mass is 9.90. The molecular weight excluding hydrogens is 313 g/mol. The van der Waals surface area contributed by atoms with Gasteiger partial charge in [0.25, 0.3) is 0 Å². The van der Waals surface area contributed by atoms with E-state index in [0.29, 0.717) is 25.4 Å². The summed E-state index contributed by atoms with van der Waals surface area (Å²) < 4.78 is 19.3. The summed E-state index contributed by atoms with van der Waals surface area (Å²) in [5, 5.41) is 9.60. The first-order chi connectivity index (χ1) is 11.5. The van der Waals surface area contributed by atoms with Crippen LogP contribution in [0.4, 0.5) is 4.39 Å². The van der Waals surface area contributed by atoms with Gasteiger partial charge in [-0.3, -0.25) is 4.79 Å². The van der Waals surface area contributed by atoms with Gasteiger partial charge < -0.3 is 14.7 Å². The fraction of sp³-hybridized carbons (Fsp3) is 0.556. The van der Waals surface area contributed by atoms with Crippen LogP contribution in [0.15, 0.2) is 24.3 Å². The summed E-state index contributed by atoms with van der Waals surface area (Å²) in [7, 11) is 0. The number of rotatable bonds is 6. The standard InChI is InChI=1S/C18H22FNO4/c19-14-3-1-2-4-15(14)24-18(17(22)23)9-11-20(12-10-18)16(21)8-7-13-5-6-13/h1-4,13H,5-12H2,(H,22,23). The molecule has 1 N–H and O–H groups in total. The molecule has 1 heterocycles. The lowest BCUT2D eigenvalue weighted by Gasteiger charge is -2.39. The van der Waals surface area contributed by atoms with Crippen molar-refractivity contribution in [1.82, 2.24) is 4.90 Å². The van der Waals surface area contributed by atoms with Gasteiger partial charge in [-0.1, -0.05) is 25.0 Å². The van der Waals surface area contributed by atoms with Crippen molar-refractivity contribution in [3.05, 3.63) is 30.1 Å². The van der Waals surface area contributed by atoms with Crippen molar-refractivity contribution in [1.29, 1.82) is 0 Å². The second-order valence-electron chi connectivity index (χ2n) is 6.69. The van der Waals surface area contributed by atoms with Gasteiger partial charge in [0.15, 0.2) is 11.6 Å². The highest BCUT2D eigenvalue weighted by molar-refractivity contribution is 5.80. The summed E-state index contributed by atoms with van der Waals surface area (Å²) in [6, 6.07) is 5.79. The number of carbonyl (C=O) groups excluding carboxylic acids is 1. The monoisotopic (exact) mass is 335 g/mol. The van der Waals surface area contributed by atoms with Crippen LogP contribution in [0.25, 0.3) is 0 Å². The largest absolute Gasteiger partial charge is 0.478 e. The molecule has 0 spiro atoms. The van der Waals surface area contributed by atoms with E-state index in [2.05, 4.69) is 0 Å². The van der Waals surface area contributed by atoms with Crippen LogP contribution in [0, 0.1) is 11.7 Å². The number of ether oxygens (including phenoxy) is 1. The number of piperidine rings is 1. The lowest BCUT2D eigenvalue weighted by molar-refractivity contribution is -0.162. The van der Waals surface area contributed by atoms with E-state index in [4.69, 9.17) is 4.74 Å². The van der Waals surface area contributed by atoms with Gasteiger partial charge in [0, 0.05) is 32.4 Å². The normalized spacial score (nSPS) is 19.8. The molecule has 0 unspecified atom stereocenters. The van der Waals surface area contributed by atoms with Gasteiger partial charge >= 0.3 is 5.97 Å². The van der Waals surface area contributed by atoms with Crippen LogP contribution in [-0.2, 0) is 9.59 Å². The zero-order valence-corrected chi connectivity index (χ0v) is 13.5. The molecule has 0 bridgehead atoms. The zero-order valence-electron chi connectivity index (χ0n) is 13.5. The van der Waals surface area contributed by atoms with Crippen molar-refractivity contribution in [2.75, 3.05) is 13.1 Å².